The average Bonchev–Trinajstić information content (AvgIpc) is 2.37. The molecule has 0 fully saturated rings. The SMILES string of the molecule is Nc1nc(Oc2ccc(Cl)cc2[N+](=O)[O-])c(Cl)cc1Cl. The van der Waals surface area contributed by atoms with Crippen molar-refractivity contribution in [2.24, 2.45) is 0 Å². The van der Waals surface area contributed by atoms with Crippen molar-refractivity contribution < 1.29 is 9.66 Å². The van der Waals surface area contributed by atoms with Gasteiger partial charge in [-0.15, -0.1) is 0 Å². The van der Waals surface area contributed by atoms with Gasteiger partial charge < -0.3 is 10.5 Å². The Hall–Kier alpha value is -1.76. The minimum Gasteiger partial charge on any atom is -0.430 e. The molecule has 0 bridgehead atoms. The molecule has 104 valence electrons. The van der Waals surface area contributed by atoms with Gasteiger partial charge in [-0.05, 0) is 18.2 Å². The number of aromatic nitrogens is 1. The molecule has 0 spiro atoms. The second-order valence-corrected chi connectivity index (χ2v) is 4.86. The van der Waals surface area contributed by atoms with E-state index in [1.807, 2.05) is 0 Å². The number of anilines is 1. The highest BCUT2D eigenvalue weighted by molar-refractivity contribution is 6.36. The number of nitrogens with two attached hydrogens (primary N) is 1. The Bertz CT molecular complexity index is 694. The van der Waals surface area contributed by atoms with Gasteiger partial charge in [-0.1, -0.05) is 34.8 Å². The van der Waals surface area contributed by atoms with E-state index in [9.17, 15) is 10.1 Å². The van der Waals surface area contributed by atoms with Crippen molar-refractivity contribution in [1.82, 2.24) is 4.98 Å². The molecule has 0 saturated heterocycles. The monoisotopic (exact) mass is 333 g/mol. The zero-order chi connectivity index (χ0) is 14.9. The molecule has 1 heterocycles. The zero-order valence-electron chi connectivity index (χ0n) is 9.64. The van der Waals surface area contributed by atoms with E-state index in [-0.39, 0.29) is 38.2 Å². The third kappa shape index (κ3) is 3.04. The maximum absolute atomic E-state index is 10.9. The maximum Gasteiger partial charge on any atom is 0.313 e. The number of hydrogen-bond donors (Lipinski definition) is 1. The first-order chi connectivity index (χ1) is 9.38. The minimum atomic E-state index is -0.631. The minimum absolute atomic E-state index is 0.00248. The molecule has 0 aliphatic heterocycles. The molecule has 6 nitrogen and oxygen atoms in total. The van der Waals surface area contributed by atoms with Gasteiger partial charge in [0, 0.05) is 11.1 Å². The first-order valence-corrected chi connectivity index (χ1v) is 6.25. The summed E-state index contributed by atoms with van der Waals surface area (Å²) in [5.74, 6) is -0.141. The molecule has 2 aromatic rings. The van der Waals surface area contributed by atoms with Gasteiger partial charge in [0.2, 0.25) is 11.6 Å². The number of nitro groups is 1. The first kappa shape index (κ1) is 14.6. The van der Waals surface area contributed by atoms with Gasteiger partial charge in [0.1, 0.15) is 10.8 Å². The van der Waals surface area contributed by atoms with Crippen LogP contribution in [0.2, 0.25) is 15.1 Å². The van der Waals surface area contributed by atoms with Crippen LogP contribution in [0, 0.1) is 10.1 Å². The Kier molecular flexibility index (Phi) is 4.17. The van der Waals surface area contributed by atoms with E-state index in [4.69, 9.17) is 45.3 Å². The Morgan fingerprint density at radius 3 is 2.55 bits per heavy atom. The van der Waals surface area contributed by atoms with Crippen LogP contribution in [0.3, 0.4) is 0 Å². The van der Waals surface area contributed by atoms with Crippen molar-refractivity contribution in [2.75, 3.05) is 5.73 Å². The van der Waals surface area contributed by atoms with E-state index in [2.05, 4.69) is 4.98 Å². The second kappa shape index (κ2) is 5.70. The van der Waals surface area contributed by atoms with Crippen LogP contribution in [0.5, 0.6) is 11.6 Å². The van der Waals surface area contributed by atoms with Gasteiger partial charge in [0.05, 0.1) is 9.95 Å². The van der Waals surface area contributed by atoms with E-state index in [0.717, 1.165) is 6.07 Å². The summed E-state index contributed by atoms with van der Waals surface area (Å²) in [6.07, 6.45) is 0. The molecule has 20 heavy (non-hydrogen) atoms. The smallest absolute Gasteiger partial charge is 0.313 e. The molecule has 0 saturated carbocycles. The van der Waals surface area contributed by atoms with Crippen molar-refractivity contribution in [1.29, 1.82) is 0 Å². The summed E-state index contributed by atoms with van der Waals surface area (Å²) >= 11 is 17.3. The standard InChI is InChI=1S/C11H6Cl3N3O3/c12-5-1-2-9(8(3-5)17(18)19)20-11-7(14)4-6(13)10(15)16-11/h1-4H,(H2,15,16). The van der Waals surface area contributed by atoms with Crippen molar-refractivity contribution in [3.63, 3.8) is 0 Å². The van der Waals surface area contributed by atoms with Crippen LogP contribution in [0.15, 0.2) is 24.3 Å². The molecule has 1 aromatic carbocycles. The molecule has 0 aliphatic carbocycles. The van der Waals surface area contributed by atoms with Gasteiger partial charge in [-0.2, -0.15) is 4.98 Å². The van der Waals surface area contributed by atoms with Crippen LogP contribution in [-0.4, -0.2) is 9.91 Å². The number of nitrogen functional groups attached to an aromatic ring is 1. The molecule has 9 heteroatoms. The lowest BCUT2D eigenvalue weighted by Crippen LogP contribution is -1.98. The average molecular weight is 335 g/mol. The van der Waals surface area contributed by atoms with E-state index in [1.165, 1.54) is 18.2 Å². The highest BCUT2D eigenvalue weighted by Gasteiger charge is 2.19. The Morgan fingerprint density at radius 1 is 1.20 bits per heavy atom. The molecule has 2 rings (SSSR count). The molecular weight excluding hydrogens is 328 g/mol. The van der Waals surface area contributed by atoms with E-state index in [0.29, 0.717) is 0 Å². The fraction of sp³-hybridized carbons (Fsp3) is 0. The molecule has 0 atom stereocenters. The Labute approximate surface area is 128 Å². The van der Waals surface area contributed by atoms with Crippen LogP contribution in [0.4, 0.5) is 11.5 Å². The normalized spacial score (nSPS) is 10.3. The van der Waals surface area contributed by atoms with Crippen molar-refractivity contribution >= 4 is 46.3 Å². The zero-order valence-corrected chi connectivity index (χ0v) is 11.9. The number of pyridine rings is 1. The third-order valence-corrected chi connectivity index (χ3v) is 3.06. The summed E-state index contributed by atoms with van der Waals surface area (Å²) in [6.45, 7) is 0. The van der Waals surface area contributed by atoms with Crippen LogP contribution in [-0.2, 0) is 0 Å². The summed E-state index contributed by atoms with van der Waals surface area (Å²) in [7, 11) is 0. The molecule has 0 aliphatic rings. The Balaban J connectivity index is 2.45. The van der Waals surface area contributed by atoms with Crippen molar-refractivity contribution in [3.05, 3.63) is 49.4 Å². The predicted molar refractivity (Wildman–Crippen MR) is 76.8 cm³/mol. The fourth-order valence-corrected chi connectivity index (χ4v) is 1.92. The molecular formula is C11H6Cl3N3O3. The topological polar surface area (TPSA) is 91.3 Å². The lowest BCUT2D eigenvalue weighted by Gasteiger charge is -2.08. The van der Waals surface area contributed by atoms with Crippen LogP contribution < -0.4 is 10.5 Å². The largest absolute Gasteiger partial charge is 0.430 e. The van der Waals surface area contributed by atoms with E-state index < -0.39 is 4.92 Å². The number of benzene rings is 1. The van der Waals surface area contributed by atoms with E-state index in [1.54, 1.807) is 0 Å². The number of rotatable bonds is 3. The number of halogens is 3. The van der Waals surface area contributed by atoms with Gasteiger partial charge in [-0.3, -0.25) is 10.1 Å². The van der Waals surface area contributed by atoms with Crippen molar-refractivity contribution in [3.8, 4) is 11.6 Å². The quantitative estimate of drug-likeness (QED) is 0.666. The van der Waals surface area contributed by atoms with Gasteiger partial charge in [0.25, 0.3) is 0 Å². The third-order valence-electron chi connectivity index (χ3n) is 2.25. The summed E-state index contributed by atoms with van der Waals surface area (Å²) in [5.41, 5.74) is 5.21. The van der Waals surface area contributed by atoms with E-state index >= 15 is 0 Å². The predicted octanol–water partition coefficient (Wildman–Crippen LogP) is 4.32. The highest BCUT2D eigenvalue weighted by Crippen LogP contribution is 2.37. The van der Waals surface area contributed by atoms with Crippen LogP contribution in [0.1, 0.15) is 0 Å². The molecule has 2 N–H and O–H groups in total. The number of hydrogen-bond acceptors (Lipinski definition) is 5. The number of ether oxygens (including phenoxy) is 1. The fourth-order valence-electron chi connectivity index (χ4n) is 1.36. The van der Waals surface area contributed by atoms with Crippen LogP contribution >= 0.6 is 34.8 Å². The van der Waals surface area contributed by atoms with Crippen LogP contribution in [0.25, 0.3) is 0 Å². The lowest BCUT2D eigenvalue weighted by molar-refractivity contribution is -0.385. The summed E-state index contributed by atoms with van der Waals surface area (Å²) in [4.78, 5) is 14.1. The summed E-state index contributed by atoms with van der Waals surface area (Å²) < 4.78 is 5.31. The number of nitrogens with zero attached hydrogens (tertiary/aromatic N) is 2. The molecule has 0 amide bonds. The Morgan fingerprint density at radius 2 is 1.90 bits per heavy atom. The first-order valence-electron chi connectivity index (χ1n) is 5.12. The molecule has 0 unspecified atom stereocenters. The highest BCUT2D eigenvalue weighted by atomic mass is 35.5. The molecule has 0 radical (unpaired) electrons. The second-order valence-electron chi connectivity index (χ2n) is 3.61. The maximum atomic E-state index is 10.9. The number of nitro benzene ring substituents is 1. The van der Waals surface area contributed by atoms with Gasteiger partial charge in [0.15, 0.2) is 0 Å². The summed E-state index contributed by atoms with van der Waals surface area (Å²) in [6, 6.07) is 5.27. The summed E-state index contributed by atoms with van der Waals surface area (Å²) in [5, 5.41) is 11.4. The molecule has 1 aromatic heterocycles. The van der Waals surface area contributed by atoms with Crippen molar-refractivity contribution in [2.45, 2.75) is 0 Å². The van der Waals surface area contributed by atoms with Gasteiger partial charge >= 0.3 is 5.69 Å². The van der Waals surface area contributed by atoms with Gasteiger partial charge in [-0.25, -0.2) is 0 Å². The lowest BCUT2D eigenvalue weighted by atomic mass is 10.3.